The Hall–Kier alpha value is -2.41. The van der Waals surface area contributed by atoms with Crippen LogP contribution in [0.3, 0.4) is 0 Å². The molecule has 1 saturated carbocycles. The molecule has 1 amide bonds. The highest BCUT2D eigenvalue weighted by Crippen LogP contribution is 2.33. The Balaban J connectivity index is 1.43. The van der Waals surface area contributed by atoms with Gasteiger partial charge in [0.15, 0.2) is 0 Å². The third kappa shape index (κ3) is 4.35. The number of fused-ring (bicyclic) bond motifs is 1. The molecular weight excluding hydrogens is 367 g/mol. The predicted octanol–water partition coefficient (Wildman–Crippen LogP) is 3.80. The number of benzene rings is 1. The van der Waals surface area contributed by atoms with Gasteiger partial charge in [-0.1, -0.05) is 24.3 Å². The molecule has 2 aromatic rings. The SMILES string of the molecule is O=C(NCC1CC1)c1ccc2c(n1)CCN(Cc1ccccc1C(F)(F)F)C2. The van der Waals surface area contributed by atoms with Crippen LogP contribution in [0.4, 0.5) is 13.2 Å². The average molecular weight is 389 g/mol. The zero-order chi connectivity index (χ0) is 19.7. The van der Waals surface area contributed by atoms with Gasteiger partial charge >= 0.3 is 6.18 Å². The van der Waals surface area contributed by atoms with E-state index >= 15 is 0 Å². The van der Waals surface area contributed by atoms with Gasteiger partial charge in [0.2, 0.25) is 0 Å². The van der Waals surface area contributed by atoms with E-state index in [2.05, 4.69) is 10.3 Å². The molecule has 2 aliphatic rings. The highest BCUT2D eigenvalue weighted by molar-refractivity contribution is 5.92. The van der Waals surface area contributed by atoms with Crippen molar-refractivity contribution in [1.82, 2.24) is 15.2 Å². The Kier molecular flexibility index (Phi) is 5.10. The van der Waals surface area contributed by atoms with E-state index in [9.17, 15) is 18.0 Å². The van der Waals surface area contributed by atoms with Gasteiger partial charge in [-0.25, -0.2) is 4.98 Å². The fourth-order valence-corrected chi connectivity index (χ4v) is 3.56. The van der Waals surface area contributed by atoms with E-state index in [1.54, 1.807) is 12.1 Å². The standard InChI is InChI=1S/C21H22F3N3O/c22-21(23,24)17-4-2-1-3-15(17)12-27-10-9-18-16(13-27)7-8-19(26-18)20(28)25-11-14-5-6-14/h1-4,7-8,14H,5-6,9-13H2,(H,25,28). The van der Waals surface area contributed by atoms with Gasteiger partial charge in [0.05, 0.1) is 5.56 Å². The molecule has 1 fully saturated rings. The third-order valence-electron chi connectivity index (χ3n) is 5.32. The van der Waals surface area contributed by atoms with E-state index in [1.165, 1.54) is 25.0 Å². The highest BCUT2D eigenvalue weighted by Gasteiger charge is 2.33. The van der Waals surface area contributed by atoms with E-state index in [0.29, 0.717) is 37.7 Å². The summed E-state index contributed by atoms with van der Waals surface area (Å²) in [6.07, 6.45) is -1.39. The first-order valence-electron chi connectivity index (χ1n) is 9.54. The van der Waals surface area contributed by atoms with Crippen LogP contribution in [0.25, 0.3) is 0 Å². The summed E-state index contributed by atoms with van der Waals surface area (Å²) in [6.45, 7) is 2.07. The van der Waals surface area contributed by atoms with Crippen LogP contribution in [-0.2, 0) is 25.7 Å². The fourth-order valence-electron chi connectivity index (χ4n) is 3.56. The van der Waals surface area contributed by atoms with Crippen LogP contribution in [0, 0.1) is 5.92 Å². The van der Waals surface area contributed by atoms with E-state index in [1.807, 2.05) is 11.0 Å². The van der Waals surface area contributed by atoms with Gasteiger partial charge in [0.25, 0.3) is 5.91 Å². The van der Waals surface area contributed by atoms with Crippen LogP contribution < -0.4 is 5.32 Å². The van der Waals surface area contributed by atoms with Crippen molar-refractivity contribution in [1.29, 1.82) is 0 Å². The zero-order valence-corrected chi connectivity index (χ0v) is 15.4. The molecule has 0 saturated heterocycles. The van der Waals surface area contributed by atoms with Gasteiger partial charge in [0.1, 0.15) is 5.69 Å². The molecule has 1 aromatic heterocycles. The van der Waals surface area contributed by atoms with Crippen molar-refractivity contribution in [2.45, 2.75) is 38.5 Å². The number of nitrogens with zero attached hydrogens (tertiary/aromatic N) is 2. The molecule has 1 aromatic carbocycles. The molecule has 0 unspecified atom stereocenters. The van der Waals surface area contributed by atoms with Gasteiger partial charge in [-0.3, -0.25) is 9.69 Å². The number of hydrogen-bond acceptors (Lipinski definition) is 3. The number of pyridine rings is 1. The second-order valence-corrected chi connectivity index (χ2v) is 7.57. The van der Waals surface area contributed by atoms with Gasteiger partial charge in [-0.15, -0.1) is 0 Å². The molecule has 148 valence electrons. The molecule has 0 bridgehead atoms. The van der Waals surface area contributed by atoms with Crippen molar-refractivity contribution in [2.75, 3.05) is 13.1 Å². The molecule has 2 heterocycles. The monoisotopic (exact) mass is 389 g/mol. The van der Waals surface area contributed by atoms with Crippen LogP contribution in [0.2, 0.25) is 0 Å². The molecular formula is C21H22F3N3O. The zero-order valence-electron chi connectivity index (χ0n) is 15.4. The molecule has 7 heteroatoms. The summed E-state index contributed by atoms with van der Waals surface area (Å²) >= 11 is 0. The summed E-state index contributed by atoms with van der Waals surface area (Å²) in [7, 11) is 0. The van der Waals surface area contributed by atoms with E-state index < -0.39 is 11.7 Å². The molecule has 28 heavy (non-hydrogen) atoms. The molecule has 0 radical (unpaired) electrons. The molecule has 1 aliphatic carbocycles. The number of hydrogen-bond donors (Lipinski definition) is 1. The van der Waals surface area contributed by atoms with Crippen LogP contribution in [0.1, 0.15) is 45.7 Å². The number of aromatic nitrogens is 1. The van der Waals surface area contributed by atoms with Crippen molar-refractivity contribution >= 4 is 5.91 Å². The summed E-state index contributed by atoms with van der Waals surface area (Å²) in [5.41, 5.74) is 1.94. The summed E-state index contributed by atoms with van der Waals surface area (Å²) in [6, 6.07) is 9.28. The average Bonchev–Trinajstić information content (AvgIpc) is 3.50. The Labute approximate surface area is 161 Å². The van der Waals surface area contributed by atoms with Gasteiger partial charge < -0.3 is 5.32 Å². The maximum Gasteiger partial charge on any atom is 0.416 e. The first-order chi connectivity index (χ1) is 13.4. The number of amides is 1. The molecule has 1 N–H and O–H groups in total. The van der Waals surface area contributed by atoms with Crippen molar-refractivity contribution < 1.29 is 18.0 Å². The fraction of sp³-hybridized carbons (Fsp3) is 0.429. The maximum atomic E-state index is 13.2. The van der Waals surface area contributed by atoms with Gasteiger partial charge in [-0.05, 0) is 42.0 Å². The van der Waals surface area contributed by atoms with Crippen molar-refractivity contribution in [2.24, 2.45) is 5.92 Å². The quantitative estimate of drug-likeness (QED) is 0.846. The number of alkyl halides is 3. The Morgan fingerprint density at radius 1 is 1.18 bits per heavy atom. The minimum absolute atomic E-state index is 0.156. The summed E-state index contributed by atoms with van der Waals surface area (Å²) in [4.78, 5) is 18.7. The van der Waals surface area contributed by atoms with E-state index in [-0.39, 0.29) is 18.0 Å². The van der Waals surface area contributed by atoms with Crippen LogP contribution in [0.5, 0.6) is 0 Å². The van der Waals surface area contributed by atoms with Crippen LogP contribution in [-0.4, -0.2) is 28.9 Å². The van der Waals surface area contributed by atoms with Crippen molar-refractivity contribution in [3.8, 4) is 0 Å². The first-order valence-corrected chi connectivity index (χ1v) is 9.54. The molecule has 0 atom stereocenters. The predicted molar refractivity (Wildman–Crippen MR) is 98.6 cm³/mol. The highest BCUT2D eigenvalue weighted by atomic mass is 19.4. The van der Waals surface area contributed by atoms with Crippen molar-refractivity contribution in [3.05, 3.63) is 64.5 Å². The van der Waals surface area contributed by atoms with E-state index in [0.717, 1.165) is 17.3 Å². The number of carbonyl (C=O) groups is 1. The largest absolute Gasteiger partial charge is 0.416 e. The lowest BCUT2D eigenvalue weighted by molar-refractivity contribution is -0.138. The summed E-state index contributed by atoms with van der Waals surface area (Å²) in [5, 5.41) is 2.91. The molecule has 1 aliphatic heterocycles. The second kappa shape index (κ2) is 7.54. The summed E-state index contributed by atoms with van der Waals surface area (Å²) in [5.74, 6) is 0.450. The Morgan fingerprint density at radius 3 is 2.71 bits per heavy atom. The minimum atomic E-state index is -4.35. The minimum Gasteiger partial charge on any atom is -0.350 e. The van der Waals surface area contributed by atoms with E-state index in [4.69, 9.17) is 0 Å². The second-order valence-electron chi connectivity index (χ2n) is 7.57. The summed E-state index contributed by atoms with van der Waals surface area (Å²) < 4.78 is 39.6. The van der Waals surface area contributed by atoms with Crippen LogP contribution in [0.15, 0.2) is 36.4 Å². The number of rotatable bonds is 5. The third-order valence-corrected chi connectivity index (χ3v) is 5.32. The number of nitrogens with one attached hydrogen (secondary N) is 1. The van der Waals surface area contributed by atoms with Crippen LogP contribution >= 0.6 is 0 Å². The molecule has 4 rings (SSSR count). The Bertz CT molecular complexity index is 877. The smallest absolute Gasteiger partial charge is 0.350 e. The maximum absolute atomic E-state index is 13.2. The topological polar surface area (TPSA) is 45.2 Å². The first kappa shape index (κ1) is 18.9. The van der Waals surface area contributed by atoms with Gasteiger partial charge in [-0.2, -0.15) is 13.2 Å². The van der Waals surface area contributed by atoms with Gasteiger partial charge in [0, 0.05) is 38.3 Å². The number of halogens is 3. The lowest BCUT2D eigenvalue weighted by Gasteiger charge is -2.29. The molecule has 4 nitrogen and oxygen atoms in total. The normalized spacial score (nSPS) is 17.2. The Morgan fingerprint density at radius 2 is 1.96 bits per heavy atom. The number of carbonyl (C=O) groups excluding carboxylic acids is 1. The molecule has 0 spiro atoms. The lowest BCUT2D eigenvalue weighted by atomic mass is 10.0. The van der Waals surface area contributed by atoms with Crippen molar-refractivity contribution in [3.63, 3.8) is 0 Å². The lowest BCUT2D eigenvalue weighted by Crippen LogP contribution is -2.32.